The molecule has 3 rings (SSSR count). The highest BCUT2D eigenvalue weighted by Gasteiger charge is 2.13. The zero-order chi connectivity index (χ0) is 19.4. The molecule has 1 heterocycles. The first-order valence-corrected chi connectivity index (χ1v) is 8.32. The Bertz CT molecular complexity index is 1120. The Morgan fingerprint density at radius 1 is 1.26 bits per heavy atom. The van der Waals surface area contributed by atoms with Crippen LogP contribution in [0.2, 0.25) is 0 Å². The summed E-state index contributed by atoms with van der Waals surface area (Å²) in [6.07, 6.45) is 1.16. The van der Waals surface area contributed by atoms with Crippen molar-refractivity contribution in [1.82, 2.24) is 9.97 Å². The molecule has 0 saturated heterocycles. The maximum absolute atomic E-state index is 13.5. The van der Waals surface area contributed by atoms with Crippen molar-refractivity contribution in [2.75, 3.05) is 5.43 Å². The molecular weight excluding hydrogens is 420 g/mol. The van der Waals surface area contributed by atoms with Crippen LogP contribution in [0.5, 0.6) is 0 Å². The van der Waals surface area contributed by atoms with Crippen molar-refractivity contribution in [1.29, 1.82) is 5.26 Å². The highest BCUT2D eigenvalue weighted by atomic mass is 79.9. The van der Waals surface area contributed by atoms with Crippen molar-refractivity contribution < 1.29 is 8.78 Å². The van der Waals surface area contributed by atoms with Gasteiger partial charge >= 0.3 is 0 Å². The molecule has 0 spiro atoms. The van der Waals surface area contributed by atoms with Gasteiger partial charge in [0.25, 0.3) is 5.56 Å². The number of H-pyrrole nitrogens is 1. The zero-order valence-corrected chi connectivity index (χ0v) is 15.1. The van der Waals surface area contributed by atoms with E-state index in [-0.39, 0.29) is 27.2 Å². The van der Waals surface area contributed by atoms with Crippen molar-refractivity contribution in [2.24, 2.45) is 5.10 Å². The second-order valence-electron chi connectivity index (χ2n) is 5.28. The third kappa shape index (κ3) is 4.07. The van der Waals surface area contributed by atoms with Crippen molar-refractivity contribution >= 4 is 28.1 Å². The van der Waals surface area contributed by atoms with Gasteiger partial charge in [-0.3, -0.25) is 9.78 Å². The molecule has 2 aromatic carbocycles. The molecule has 2 N–H and O–H groups in total. The Morgan fingerprint density at radius 2 is 2.00 bits per heavy atom. The lowest BCUT2D eigenvalue weighted by molar-refractivity contribution is 0.578. The van der Waals surface area contributed by atoms with Crippen molar-refractivity contribution in [3.8, 4) is 17.3 Å². The monoisotopic (exact) mass is 429 g/mol. The molecule has 0 unspecified atom stereocenters. The van der Waals surface area contributed by atoms with E-state index in [0.29, 0.717) is 5.56 Å². The van der Waals surface area contributed by atoms with E-state index in [4.69, 9.17) is 0 Å². The quantitative estimate of drug-likeness (QED) is 0.374. The molecule has 0 saturated carbocycles. The van der Waals surface area contributed by atoms with E-state index >= 15 is 0 Å². The number of aromatic amines is 1. The minimum Gasteiger partial charge on any atom is -0.290 e. The Labute approximate surface area is 160 Å². The zero-order valence-electron chi connectivity index (χ0n) is 13.5. The van der Waals surface area contributed by atoms with Crippen LogP contribution in [0, 0.1) is 23.0 Å². The summed E-state index contributed by atoms with van der Waals surface area (Å²) in [5, 5.41) is 13.1. The van der Waals surface area contributed by atoms with Crippen molar-refractivity contribution in [3.63, 3.8) is 0 Å². The lowest BCUT2D eigenvalue weighted by Crippen LogP contribution is -2.16. The van der Waals surface area contributed by atoms with Crippen molar-refractivity contribution in [3.05, 3.63) is 80.1 Å². The van der Waals surface area contributed by atoms with E-state index in [0.717, 1.165) is 18.3 Å². The van der Waals surface area contributed by atoms with Crippen LogP contribution < -0.4 is 11.0 Å². The Morgan fingerprint density at radius 3 is 2.70 bits per heavy atom. The van der Waals surface area contributed by atoms with Gasteiger partial charge in [0.15, 0.2) is 0 Å². The van der Waals surface area contributed by atoms with E-state index in [2.05, 4.69) is 36.4 Å². The summed E-state index contributed by atoms with van der Waals surface area (Å²) in [6, 6.07) is 12.4. The predicted molar refractivity (Wildman–Crippen MR) is 100 cm³/mol. The van der Waals surface area contributed by atoms with Crippen LogP contribution in [-0.4, -0.2) is 16.2 Å². The molecule has 1 aromatic heterocycles. The fourth-order valence-electron chi connectivity index (χ4n) is 2.27. The maximum Gasteiger partial charge on any atom is 0.270 e. The number of hydrogen-bond donors (Lipinski definition) is 2. The van der Waals surface area contributed by atoms with Gasteiger partial charge in [0.05, 0.1) is 16.4 Å². The van der Waals surface area contributed by atoms with E-state index in [1.807, 2.05) is 6.07 Å². The van der Waals surface area contributed by atoms with Gasteiger partial charge in [-0.15, -0.1) is 0 Å². The molecule has 134 valence electrons. The van der Waals surface area contributed by atoms with Gasteiger partial charge in [-0.05, 0) is 22.0 Å². The van der Waals surface area contributed by atoms with Crippen LogP contribution in [-0.2, 0) is 0 Å². The second-order valence-corrected chi connectivity index (χ2v) is 6.07. The first kappa shape index (κ1) is 18.4. The minimum absolute atomic E-state index is 0.0258. The van der Waals surface area contributed by atoms with Crippen LogP contribution >= 0.6 is 15.9 Å². The minimum atomic E-state index is -0.771. The van der Waals surface area contributed by atoms with Crippen molar-refractivity contribution in [2.45, 2.75) is 0 Å². The molecule has 0 amide bonds. The SMILES string of the molecule is N#Cc1c(-c2ccccc2)nc(NN=Cc2cc(F)cc(F)c2Br)[nH]c1=O. The summed E-state index contributed by atoms with van der Waals surface area (Å²) in [6.45, 7) is 0. The number of rotatable bonds is 4. The fourth-order valence-corrected chi connectivity index (χ4v) is 2.60. The third-order valence-electron chi connectivity index (χ3n) is 3.47. The molecule has 0 radical (unpaired) electrons. The molecule has 0 aliphatic heterocycles. The summed E-state index contributed by atoms with van der Waals surface area (Å²) >= 11 is 3.00. The predicted octanol–water partition coefficient (Wildman–Crippen LogP) is 3.80. The molecule has 9 heteroatoms. The van der Waals surface area contributed by atoms with Crippen LogP contribution in [0.15, 0.2) is 56.8 Å². The number of nitrogens with one attached hydrogen (secondary N) is 2. The molecule has 3 aromatic rings. The van der Waals surface area contributed by atoms with Crippen LogP contribution in [0.3, 0.4) is 0 Å². The van der Waals surface area contributed by atoms with E-state index in [1.54, 1.807) is 30.3 Å². The van der Waals surface area contributed by atoms with Crippen LogP contribution in [0.1, 0.15) is 11.1 Å². The number of hydrogen-bond acceptors (Lipinski definition) is 5. The summed E-state index contributed by atoms with van der Waals surface area (Å²) in [5.41, 5.74) is 2.65. The summed E-state index contributed by atoms with van der Waals surface area (Å²) in [4.78, 5) is 18.7. The molecular formula is C18H10BrF2N5O. The van der Waals surface area contributed by atoms with Gasteiger partial charge in [0.1, 0.15) is 23.3 Å². The number of nitriles is 1. The van der Waals surface area contributed by atoms with Gasteiger partial charge in [-0.2, -0.15) is 10.4 Å². The number of hydrazone groups is 1. The van der Waals surface area contributed by atoms with E-state index < -0.39 is 17.2 Å². The first-order valence-electron chi connectivity index (χ1n) is 7.53. The van der Waals surface area contributed by atoms with Gasteiger partial charge in [-0.25, -0.2) is 19.2 Å². The lowest BCUT2D eigenvalue weighted by Gasteiger charge is -2.06. The second kappa shape index (κ2) is 7.88. The Kier molecular flexibility index (Phi) is 5.38. The standard InChI is InChI=1S/C18H10BrF2N5O/c19-15-11(6-12(20)7-14(15)21)9-23-26-18-24-16(10-4-2-1-3-5-10)13(8-22)17(27)25-18/h1-7,9H,(H2,24,25,26,27). The summed E-state index contributed by atoms with van der Waals surface area (Å²) in [7, 11) is 0. The fraction of sp³-hybridized carbons (Fsp3) is 0. The maximum atomic E-state index is 13.5. The highest BCUT2D eigenvalue weighted by molar-refractivity contribution is 9.10. The Balaban J connectivity index is 1.94. The summed E-state index contributed by atoms with van der Waals surface area (Å²) < 4.78 is 26.9. The van der Waals surface area contributed by atoms with Gasteiger partial charge in [0, 0.05) is 17.2 Å². The number of benzene rings is 2. The first-order chi connectivity index (χ1) is 13.0. The third-order valence-corrected chi connectivity index (χ3v) is 4.31. The smallest absolute Gasteiger partial charge is 0.270 e. The molecule has 27 heavy (non-hydrogen) atoms. The number of aromatic nitrogens is 2. The average molecular weight is 430 g/mol. The average Bonchev–Trinajstić information content (AvgIpc) is 2.66. The number of halogens is 3. The molecule has 0 aliphatic carbocycles. The molecule has 6 nitrogen and oxygen atoms in total. The van der Waals surface area contributed by atoms with Gasteiger partial charge in [0.2, 0.25) is 5.95 Å². The molecule has 0 atom stereocenters. The molecule has 0 aliphatic rings. The number of nitrogens with zero attached hydrogens (tertiary/aromatic N) is 3. The highest BCUT2D eigenvalue weighted by Crippen LogP contribution is 2.21. The van der Waals surface area contributed by atoms with Crippen LogP contribution in [0.4, 0.5) is 14.7 Å². The number of anilines is 1. The molecule has 0 fully saturated rings. The normalized spacial score (nSPS) is 10.7. The lowest BCUT2D eigenvalue weighted by atomic mass is 10.1. The van der Waals surface area contributed by atoms with E-state index in [9.17, 15) is 18.8 Å². The topological polar surface area (TPSA) is 93.9 Å². The van der Waals surface area contributed by atoms with E-state index in [1.165, 1.54) is 0 Å². The largest absolute Gasteiger partial charge is 0.290 e. The molecule has 0 bridgehead atoms. The summed E-state index contributed by atoms with van der Waals surface area (Å²) in [5.74, 6) is -1.55. The van der Waals surface area contributed by atoms with Gasteiger partial charge in [-0.1, -0.05) is 30.3 Å². The van der Waals surface area contributed by atoms with Crippen LogP contribution in [0.25, 0.3) is 11.3 Å². The Hall–Kier alpha value is -3.38. The van der Waals surface area contributed by atoms with Gasteiger partial charge < -0.3 is 0 Å².